The Balaban J connectivity index is 1.63. The Labute approximate surface area is 139 Å². The van der Waals surface area contributed by atoms with Crippen LogP contribution in [-0.2, 0) is 11.3 Å². The van der Waals surface area contributed by atoms with Crippen LogP contribution >= 0.6 is 11.3 Å². The smallest absolute Gasteiger partial charge is 0.326 e. The van der Waals surface area contributed by atoms with Crippen LogP contribution in [0.2, 0.25) is 0 Å². The number of fused-ring (bicyclic) bond motifs is 1. The van der Waals surface area contributed by atoms with Gasteiger partial charge in [-0.25, -0.2) is 9.18 Å². The van der Waals surface area contributed by atoms with Gasteiger partial charge in [-0.1, -0.05) is 6.07 Å². The zero-order valence-electron chi connectivity index (χ0n) is 12.5. The summed E-state index contributed by atoms with van der Waals surface area (Å²) >= 11 is 1.26. The third-order valence-corrected chi connectivity index (χ3v) is 4.39. The van der Waals surface area contributed by atoms with E-state index in [4.69, 9.17) is 0 Å². The lowest BCUT2D eigenvalue weighted by Crippen LogP contribution is -2.34. The molecule has 0 aliphatic carbocycles. The average molecular weight is 347 g/mol. The summed E-state index contributed by atoms with van der Waals surface area (Å²) in [6.45, 7) is 0.137. The van der Waals surface area contributed by atoms with Crippen LogP contribution in [0.5, 0.6) is 0 Å². The molecule has 6 nitrogen and oxygen atoms in total. The fourth-order valence-corrected chi connectivity index (χ4v) is 3.16. The van der Waals surface area contributed by atoms with E-state index in [0.29, 0.717) is 22.3 Å². The minimum absolute atomic E-state index is 0.116. The van der Waals surface area contributed by atoms with Crippen LogP contribution in [0.1, 0.15) is 12.8 Å². The number of carbonyl (C=O) groups is 1. The van der Waals surface area contributed by atoms with Crippen LogP contribution in [0.15, 0.2) is 45.3 Å². The van der Waals surface area contributed by atoms with Gasteiger partial charge >= 0.3 is 5.69 Å². The van der Waals surface area contributed by atoms with E-state index in [1.807, 2.05) is 0 Å². The number of thiophene rings is 1. The van der Waals surface area contributed by atoms with E-state index >= 15 is 0 Å². The summed E-state index contributed by atoms with van der Waals surface area (Å²) in [5, 5.41) is 4.31. The quantitative estimate of drug-likeness (QED) is 0.743. The van der Waals surface area contributed by atoms with Crippen LogP contribution in [0, 0.1) is 5.82 Å². The number of aromatic amines is 1. The lowest BCUT2D eigenvalue weighted by molar-refractivity contribution is -0.116. The zero-order valence-corrected chi connectivity index (χ0v) is 13.4. The molecule has 0 radical (unpaired) electrons. The molecule has 0 aliphatic heterocycles. The summed E-state index contributed by atoms with van der Waals surface area (Å²) < 4.78 is 14.6. The molecule has 0 aliphatic rings. The number of nitrogens with one attached hydrogen (secondary N) is 2. The van der Waals surface area contributed by atoms with Crippen LogP contribution in [0.3, 0.4) is 0 Å². The summed E-state index contributed by atoms with van der Waals surface area (Å²) in [5.41, 5.74) is 0.0517. The van der Waals surface area contributed by atoms with Gasteiger partial charge < -0.3 is 10.3 Å². The van der Waals surface area contributed by atoms with Crippen molar-refractivity contribution in [3.63, 3.8) is 0 Å². The molecular weight excluding hydrogens is 333 g/mol. The van der Waals surface area contributed by atoms with Gasteiger partial charge in [-0.15, -0.1) is 11.3 Å². The van der Waals surface area contributed by atoms with Crippen molar-refractivity contribution in [2.75, 3.05) is 5.32 Å². The summed E-state index contributed by atoms with van der Waals surface area (Å²) in [7, 11) is 0. The molecule has 2 heterocycles. The van der Waals surface area contributed by atoms with Crippen molar-refractivity contribution in [3.8, 4) is 0 Å². The summed E-state index contributed by atoms with van der Waals surface area (Å²) in [5.74, 6) is -0.739. The van der Waals surface area contributed by atoms with E-state index in [1.54, 1.807) is 17.5 Å². The standard InChI is InChI=1S/C16H14FN3O3S/c17-10-3-1-4-11(9-10)18-13(21)5-2-7-20-15(22)14-12(6-8-24-14)19-16(20)23/h1,3-4,6,8-9H,2,5,7H2,(H,18,21)(H,19,23). The van der Waals surface area contributed by atoms with Crippen LogP contribution in [0.25, 0.3) is 10.2 Å². The summed E-state index contributed by atoms with van der Waals surface area (Å²) in [6.07, 6.45) is 0.436. The first-order valence-electron chi connectivity index (χ1n) is 7.30. The Morgan fingerprint density at radius 3 is 2.92 bits per heavy atom. The first-order chi connectivity index (χ1) is 11.5. The van der Waals surface area contributed by atoms with Crippen molar-refractivity contribution in [1.29, 1.82) is 0 Å². The van der Waals surface area contributed by atoms with Crippen LogP contribution in [0.4, 0.5) is 10.1 Å². The van der Waals surface area contributed by atoms with Crippen molar-refractivity contribution >= 4 is 33.1 Å². The second-order valence-corrected chi connectivity index (χ2v) is 6.13. The zero-order chi connectivity index (χ0) is 17.1. The van der Waals surface area contributed by atoms with Crippen molar-refractivity contribution in [3.05, 3.63) is 62.4 Å². The van der Waals surface area contributed by atoms with Gasteiger partial charge in [-0.05, 0) is 36.1 Å². The molecule has 1 amide bonds. The van der Waals surface area contributed by atoms with Crippen molar-refractivity contribution in [1.82, 2.24) is 9.55 Å². The number of amides is 1. The minimum Gasteiger partial charge on any atom is -0.326 e. The van der Waals surface area contributed by atoms with Crippen LogP contribution < -0.4 is 16.6 Å². The predicted octanol–water partition coefficient (Wildman–Crippen LogP) is 2.31. The lowest BCUT2D eigenvalue weighted by Gasteiger charge is -2.06. The molecule has 0 atom stereocenters. The lowest BCUT2D eigenvalue weighted by atomic mass is 10.2. The molecule has 0 unspecified atom stereocenters. The molecule has 8 heteroatoms. The first-order valence-corrected chi connectivity index (χ1v) is 8.18. The fraction of sp³-hybridized carbons (Fsp3) is 0.188. The van der Waals surface area contributed by atoms with Gasteiger partial charge in [0.05, 0.1) is 5.52 Å². The molecule has 3 aromatic rings. The normalized spacial score (nSPS) is 10.9. The van der Waals surface area contributed by atoms with Gasteiger partial charge in [-0.2, -0.15) is 0 Å². The Morgan fingerprint density at radius 1 is 1.29 bits per heavy atom. The number of halogens is 1. The van der Waals surface area contributed by atoms with Gasteiger partial charge in [0.1, 0.15) is 10.5 Å². The molecule has 0 fully saturated rings. The van der Waals surface area contributed by atoms with Gasteiger partial charge in [0, 0.05) is 18.7 Å². The van der Waals surface area contributed by atoms with E-state index in [-0.39, 0.29) is 24.4 Å². The number of hydrogen-bond donors (Lipinski definition) is 2. The molecule has 2 N–H and O–H groups in total. The Kier molecular flexibility index (Phi) is 4.57. The highest BCUT2D eigenvalue weighted by atomic mass is 32.1. The number of aromatic nitrogens is 2. The molecule has 0 saturated carbocycles. The molecule has 0 bridgehead atoms. The number of hydrogen-bond acceptors (Lipinski definition) is 4. The van der Waals surface area contributed by atoms with E-state index in [1.165, 1.54) is 29.5 Å². The monoisotopic (exact) mass is 347 g/mol. The summed E-state index contributed by atoms with van der Waals surface area (Å²) in [6, 6.07) is 7.27. The van der Waals surface area contributed by atoms with E-state index in [9.17, 15) is 18.8 Å². The average Bonchev–Trinajstić information content (AvgIpc) is 2.99. The van der Waals surface area contributed by atoms with Gasteiger partial charge in [-0.3, -0.25) is 14.2 Å². The maximum absolute atomic E-state index is 13.1. The Morgan fingerprint density at radius 2 is 2.12 bits per heavy atom. The molecule has 1 aromatic carbocycles. The maximum Gasteiger partial charge on any atom is 0.328 e. The molecule has 2 aromatic heterocycles. The van der Waals surface area contributed by atoms with Gasteiger partial charge in [0.2, 0.25) is 5.91 Å². The maximum atomic E-state index is 13.1. The highest BCUT2D eigenvalue weighted by Crippen LogP contribution is 2.12. The largest absolute Gasteiger partial charge is 0.328 e. The third kappa shape index (κ3) is 3.43. The molecule has 3 rings (SSSR count). The van der Waals surface area contributed by atoms with E-state index in [0.717, 1.165) is 4.57 Å². The molecular formula is C16H14FN3O3S. The third-order valence-electron chi connectivity index (χ3n) is 3.49. The minimum atomic E-state index is -0.489. The Bertz CT molecular complexity index is 1010. The van der Waals surface area contributed by atoms with E-state index < -0.39 is 11.5 Å². The summed E-state index contributed by atoms with van der Waals surface area (Å²) in [4.78, 5) is 38.6. The van der Waals surface area contributed by atoms with E-state index in [2.05, 4.69) is 10.3 Å². The molecule has 124 valence electrons. The van der Waals surface area contributed by atoms with Crippen molar-refractivity contribution < 1.29 is 9.18 Å². The van der Waals surface area contributed by atoms with Crippen molar-refractivity contribution in [2.24, 2.45) is 0 Å². The number of rotatable bonds is 5. The van der Waals surface area contributed by atoms with Gasteiger partial charge in [0.25, 0.3) is 5.56 Å². The van der Waals surface area contributed by atoms with Gasteiger partial charge in [0.15, 0.2) is 0 Å². The topological polar surface area (TPSA) is 84.0 Å². The fourth-order valence-electron chi connectivity index (χ4n) is 2.36. The molecule has 24 heavy (non-hydrogen) atoms. The number of anilines is 1. The SMILES string of the molecule is O=C(CCCn1c(=O)[nH]c2ccsc2c1=O)Nc1cccc(F)c1. The number of benzene rings is 1. The second-order valence-electron chi connectivity index (χ2n) is 5.21. The molecule has 0 saturated heterocycles. The second kappa shape index (κ2) is 6.79. The Hall–Kier alpha value is -2.74. The predicted molar refractivity (Wildman–Crippen MR) is 91.0 cm³/mol. The first kappa shape index (κ1) is 16.1. The highest BCUT2D eigenvalue weighted by molar-refractivity contribution is 7.17. The molecule has 0 spiro atoms. The number of carbonyl (C=O) groups excluding carboxylic acids is 1. The number of H-pyrrole nitrogens is 1. The highest BCUT2D eigenvalue weighted by Gasteiger charge is 2.09. The van der Waals surface area contributed by atoms with Crippen LogP contribution in [-0.4, -0.2) is 15.5 Å². The van der Waals surface area contributed by atoms with Crippen molar-refractivity contribution in [2.45, 2.75) is 19.4 Å². The number of nitrogens with zero attached hydrogens (tertiary/aromatic N) is 1.